The second kappa shape index (κ2) is 6.80. The standard InChI is InChI=1S/C14H20F3NO/c1-3-9-18(10-14(15,16)17)12(4-2)11-7-5-6-8-13(11)19/h5-8,12,19H,3-4,9-10H2,1-2H3. The normalized spacial score (nSPS) is 13.8. The van der Waals surface area contributed by atoms with Gasteiger partial charge in [-0.2, -0.15) is 13.2 Å². The lowest BCUT2D eigenvalue weighted by Crippen LogP contribution is -2.37. The van der Waals surface area contributed by atoms with Crippen molar-refractivity contribution < 1.29 is 18.3 Å². The summed E-state index contributed by atoms with van der Waals surface area (Å²) in [7, 11) is 0. The summed E-state index contributed by atoms with van der Waals surface area (Å²) in [6, 6.07) is 6.18. The van der Waals surface area contributed by atoms with Gasteiger partial charge in [-0.15, -0.1) is 0 Å². The molecule has 0 saturated heterocycles. The van der Waals surface area contributed by atoms with Gasteiger partial charge < -0.3 is 5.11 Å². The van der Waals surface area contributed by atoms with Gasteiger partial charge in [-0.1, -0.05) is 32.0 Å². The minimum Gasteiger partial charge on any atom is -0.508 e. The van der Waals surface area contributed by atoms with Crippen LogP contribution in [-0.2, 0) is 0 Å². The SMILES string of the molecule is CCCN(CC(F)(F)F)C(CC)c1ccccc1O. The van der Waals surface area contributed by atoms with E-state index in [2.05, 4.69) is 0 Å². The highest BCUT2D eigenvalue weighted by Gasteiger charge is 2.34. The molecule has 0 fully saturated rings. The van der Waals surface area contributed by atoms with E-state index in [1.165, 1.54) is 11.0 Å². The largest absolute Gasteiger partial charge is 0.508 e. The highest BCUT2D eigenvalue weighted by molar-refractivity contribution is 5.34. The van der Waals surface area contributed by atoms with Gasteiger partial charge in [0.15, 0.2) is 0 Å². The molecule has 1 N–H and O–H groups in total. The molecule has 1 rings (SSSR count). The molecule has 2 nitrogen and oxygen atoms in total. The summed E-state index contributed by atoms with van der Waals surface area (Å²) < 4.78 is 37.9. The molecule has 0 aliphatic carbocycles. The molecule has 108 valence electrons. The Bertz CT molecular complexity index is 393. The number of alkyl halides is 3. The molecule has 0 aliphatic rings. The Morgan fingerprint density at radius 1 is 1.21 bits per heavy atom. The van der Waals surface area contributed by atoms with Crippen LogP contribution >= 0.6 is 0 Å². The molecule has 0 bridgehead atoms. The van der Waals surface area contributed by atoms with E-state index < -0.39 is 18.8 Å². The van der Waals surface area contributed by atoms with E-state index in [1.54, 1.807) is 18.2 Å². The van der Waals surface area contributed by atoms with Crippen LogP contribution < -0.4 is 0 Å². The van der Waals surface area contributed by atoms with Crippen LogP contribution in [0.4, 0.5) is 13.2 Å². The fourth-order valence-corrected chi connectivity index (χ4v) is 2.31. The highest BCUT2D eigenvalue weighted by atomic mass is 19.4. The van der Waals surface area contributed by atoms with Gasteiger partial charge in [-0.05, 0) is 25.5 Å². The van der Waals surface area contributed by atoms with Crippen LogP contribution in [-0.4, -0.2) is 29.3 Å². The first kappa shape index (κ1) is 15.8. The van der Waals surface area contributed by atoms with E-state index in [4.69, 9.17) is 0 Å². The van der Waals surface area contributed by atoms with Gasteiger partial charge in [0.1, 0.15) is 5.75 Å². The lowest BCUT2D eigenvalue weighted by molar-refractivity contribution is -0.151. The van der Waals surface area contributed by atoms with Gasteiger partial charge in [0.25, 0.3) is 0 Å². The Morgan fingerprint density at radius 2 is 1.84 bits per heavy atom. The number of benzene rings is 1. The highest BCUT2D eigenvalue weighted by Crippen LogP contribution is 2.33. The number of aromatic hydroxyl groups is 1. The Hall–Kier alpha value is -1.23. The summed E-state index contributed by atoms with van der Waals surface area (Å²) in [5.74, 6) is 0.0534. The number of halogens is 3. The Balaban J connectivity index is 3.00. The van der Waals surface area contributed by atoms with E-state index in [-0.39, 0.29) is 5.75 Å². The van der Waals surface area contributed by atoms with Gasteiger partial charge in [-0.25, -0.2) is 0 Å². The maximum absolute atomic E-state index is 12.6. The van der Waals surface area contributed by atoms with Crippen molar-refractivity contribution in [3.63, 3.8) is 0 Å². The van der Waals surface area contributed by atoms with Crippen molar-refractivity contribution in [2.24, 2.45) is 0 Å². The lowest BCUT2D eigenvalue weighted by Gasteiger charge is -2.32. The van der Waals surface area contributed by atoms with Crippen molar-refractivity contribution in [3.8, 4) is 5.75 Å². The van der Waals surface area contributed by atoms with Gasteiger partial charge in [-0.3, -0.25) is 4.90 Å². The molecule has 0 spiro atoms. The van der Waals surface area contributed by atoms with Crippen LogP contribution in [0.2, 0.25) is 0 Å². The zero-order valence-electron chi connectivity index (χ0n) is 11.2. The molecule has 1 atom stereocenters. The Kier molecular flexibility index (Phi) is 5.66. The number of nitrogens with zero attached hydrogens (tertiary/aromatic N) is 1. The van der Waals surface area contributed by atoms with Gasteiger partial charge in [0, 0.05) is 11.6 Å². The maximum atomic E-state index is 12.6. The summed E-state index contributed by atoms with van der Waals surface area (Å²) in [6.07, 6.45) is -3.07. The van der Waals surface area contributed by atoms with Crippen LogP contribution in [0.25, 0.3) is 0 Å². The monoisotopic (exact) mass is 275 g/mol. The predicted molar refractivity (Wildman–Crippen MR) is 69.1 cm³/mol. The molecular weight excluding hydrogens is 255 g/mol. The van der Waals surface area contributed by atoms with Crippen LogP contribution in [0.3, 0.4) is 0 Å². The number of para-hydroxylation sites is 1. The van der Waals surface area contributed by atoms with Crippen molar-refractivity contribution >= 4 is 0 Å². The molecule has 0 radical (unpaired) electrons. The second-order valence-electron chi connectivity index (χ2n) is 4.57. The molecule has 5 heteroatoms. The molecule has 0 heterocycles. The van der Waals surface area contributed by atoms with Crippen LogP contribution in [0.1, 0.15) is 38.3 Å². The first-order valence-electron chi connectivity index (χ1n) is 6.47. The third-order valence-corrected chi connectivity index (χ3v) is 3.02. The minimum atomic E-state index is -4.23. The lowest BCUT2D eigenvalue weighted by atomic mass is 10.0. The van der Waals surface area contributed by atoms with Crippen LogP contribution in [0, 0.1) is 0 Å². The third-order valence-electron chi connectivity index (χ3n) is 3.02. The summed E-state index contributed by atoms with van der Waals surface area (Å²) >= 11 is 0. The third kappa shape index (κ3) is 4.74. The number of hydrogen-bond donors (Lipinski definition) is 1. The average molecular weight is 275 g/mol. The average Bonchev–Trinajstić information content (AvgIpc) is 2.30. The van der Waals surface area contributed by atoms with Crippen LogP contribution in [0.15, 0.2) is 24.3 Å². The molecule has 0 saturated carbocycles. The molecule has 0 amide bonds. The zero-order chi connectivity index (χ0) is 14.5. The number of phenolic OH excluding ortho intramolecular Hbond substituents is 1. The first-order valence-corrected chi connectivity index (χ1v) is 6.47. The van der Waals surface area contributed by atoms with Crippen molar-refractivity contribution in [1.29, 1.82) is 0 Å². The summed E-state index contributed by atoms with van der Waals surface area (Å²) in [5, 5.41) is 9.82. The quantitative estimate of drug-likeness (QED) is 0.844. The van der Waals surface area contributed by atoms with E-state index in [0.717, 1.165) is 0 Å². The summed E-state index contributed by atoms with van der Waals surface area (Å²) in [5.41, 5.74) is 0.558. The Morgan fingerprint density at radius 3 is 2.32 bits per heavy atom. The Labute approximate surface area is 111 Å². The van der Waals surface area contributed by atoms with E-state index >= 15 is 0 Å². The zero-order valence-corrected chi connectivity index (χ0v) is 11.2. The number of phenols is 1. The summed E-state index contributed by atoms with van der Waals surface area (Å²) in [6.45, 7) is 3.08. The summed E-state index contributed by atoms with van der Waals surface area (Å²) in [4.78, 5) is 1.38. The van der Waals surface area contributed by atoms with Crippen molar-refractivity contribution in [1.82, 2.24) is 4.90 Å². The molecule has 0 aliphatic heterocycles. The number of rotatable bonds is 6. The van der Waals surface area contributed by atoms with E-state index in [9.17, 15) is 18.3 Å². The van der Waals surface area contributed by atoms with Crippen molar-refractivity contribution in [2.75, 3.05) is 13.1 Å². The molecule has 1 aromatic carbocycles. The van der Waals surface area contributed by atoms with Gasteiger partial charge in [0.2, 0.25) is 0 Å². The molecule has 19 heavy (non-hydrogen) atoms. The van der Waals surface area contributed by atoms with Crippen molar-refractivity contribution in [3.05, 3.63) is 29.8 Å². The first-order chi connectivity index (χ1) is 8.89. The minimum absolute atomic E-state index is 0.0534. The smallest absolute Gasteiger partial charge is 0.401 e. The second-order valence-corrected chi connectivity index (χ2v) is 4.57. The molecule has 0 aromatic heterocycles. The van der Waals surface area contributed by atoms with Gasteiger partial charge in [0.05, 0.1) is 6.54 Å². The maximum Gasteiger partial charge on any atom is 0.401 e. The van der Waals surface area contributed by atoms with E-state index in [1.807, 2.05) is 13.8 Å². The molecule has 1 aromatic rings. The fourth-order valence-electron chi connectivity index (χ4n) is 2.31. The van der Waals surface area contributed by atoms with E-state index in [0.29, 0.717) is 24.9 Å². The van der Waals surface area contributed by atoms with Crippen molar-refractivity contribution in [2.45, 2.75) is 38.9 Å². The predicted octanol–water partition coefficient (Wildman–Crippen LogP) is 4.12. The topological polar surface area (TPSA) is 23.5 Å². The molecular formula is C14H20F3NO. The molecule has 1 unspecified atom stereocenters. The fraction of sp³-hybridized carbons (Fsp3) is 0.571. The van der Waals surface area contributed by atoms with Crippen LogP contribution in [0.5, 0.6) is 5.75 Å². The van der Waals surface area contributed by atoms with Gasteiger partial charge >= 0.3 is 6.18 Å². The number of hydrogen-bond acceptors (Lipinski definition) is 2.